The standard InChI is InChI=1S/C10H12O3S/c1-12-6-7-13-9-5-3-2-4-8(9)10(11)14/h2-5H,6-7H2,1H3,(H,11,14). The van der Waals surface area contributed by atoms with Gasteiger partial charge in [0.25, 0.3) is 0 Å². The Kier molecular flexibility index (Phi) is 4.49. The van der Waals surface area contributed by atoms with E-state index in [1.807, 2.05) is 6.07 Å². The SMILES string of the molecule is COCCOc1ccccc1C(=O)S. The van der Waals surface area contributed by atoms with E-state index in [4.69, 9.17) is 9.47 Å². The van der Waals surface area contributed by atoms with Crippen LogP contribution in [0, 0.1) is 0 Å². The number of methoxy groups -OCH3 is 1. The van der Waals surface area contributed by atoms with Crippen LogP contribution in [0.25, 0.3) is 0 Å². The summed E-state index contributed by atoms with van der Waals surface area (Å²) >= 11 is 3.75. The van der Waals surface area contributed by atoms with Crippen LogP contribution >= 0.6 is 12.6 Å². The van der Waals surface area contributed by atoms with Gasteiger partial charge in [-0.05, 0) is 12.1 Å². The van der Waals surface area contributed by atoms with Crippen LogP contribution in [0.4, 0.5) is 0 Å². The summed E-state index contributed by atoms with van der Waals surface area (Å²) in [6, 6.07) is 6.99. The van der Waals surface area contributed by atoms with Gasteiger partial charge in [0.05, 0.1) is 12.2 Å². The van der Waals surface area contributed by atoms with E-state index in [0.29, 0.717) is 24.5 Å². The summed E-state index contributed by atoms with van der Waals surface area (Å²) in [6.07, 6.45) is 0. The second-order valence-electron chi connectivity index (χ2n) is 2.64. The molecule has 4 heteroatoms. The van der Waals surface area contributed by atoms with Crippen molar-refractivity contribution in [2.24, 2.45) is 0 Å². The van der Waals surface area contributed by atoms with Crippen LogP contribution < -0.4 is 4.74 Å². The van der Waals surface area contributed by atoms with Gasteiger partial charge in [0, 0.05) is 7.11 Å². The Morgan fingerprint density at radius 2 is 2.07 bits per heavy atom. The van der Waals surface area contributed by atoms with Gasteiger partial charge in [0.15, 0.2) is 0 Å². The van der Waals surface area contributed by atoms with Crippen LogP contribution in [-0.2, 0) is 4.74 Å². The molecule has 0 bridgehead atoms. The number of benzene rings is 1. The molecule has 76 valence electrons. The highest BCUT2D eigenvalue weighted by Gasteiger charge is 2.07. The van der Waals surface area contributed by atoms with Gasteiger partial charge >= 0.3 is 0 Å². The normalized spacial score (nSPS) is 9.86. The molecule has 0 radical (unpaired) electrons. The van der Waals surface area contributed by atoms with Gasteiger partial charge in [0.1, 0.15) is 12.4 Å². The Hall–Kier alpha value is -1.000. The number of carbonyl (C=O) groups excluding carboxylic acids is 1. The summed E-state index contributed by atoms with van der Waals surface area (Å²) in [4.78, 5) is 11.1. The van der Waals surface area contributed by atoms with E-state index < -0.39 is 0 Å². The molecule has 1 rings (SSSR count). The predicted octanol–water partition coefficient (Wildman–Crippen LogP) is 1.78. The van der Waals surface area contributed by atoms with Gasteiger partial charge in [-0.2, -0.15) is 0 Å². The van der Waals surface area contributed by atoms with Crippen molar-refractivity contribution in [1.82, 2.24) is 0 Å². The van der Waals surface area contributed by atoms with Crippen molar-refractivity contribution < 1.29 is 14.3 Å². The van der Waals surface area contributed by atoms with Crippen molar-refractivity contribution >= 4 is 17.7 Å². The molecule has 1 aromatic rings. The van der Waals surface area contributed by atoms with Gasteiger partial charge in [-0.1, -0.05) is 12.1 Å². The Morgan fingerprint density at radius 3 is 2.71 bits per heavy atom. The molecule has 0 fully saturated rings. The first-order valence-electron chi connectivity index (χ1n) is 4.19. The minimum atomic E-state index is -0.294. The van der Waals surface area contributed by atoms with Crippen molar-refractivity contribution in [1.29, 1.82) is 0 Å². The lowest BCUT2D eigenvalue weighted by molar-refractivity contribution is 0.108. The van der Waals surface area contributed by atoms with Gasteiger partial charge in [-0.3, -0.25) is 4.79 Å². The second kappa shape index (κ2) is 5.67. The van der Waals surface area contributed by atoms with E-state index >= 15 is 0 Å². The molecular formula is C10H12O3S. The Labute approximate surface area is 88.4 Å². The summed E-state index contributed by atoms with van der Waals surface area (Å²) in [5, 5.41) is -0.294. The Balaban J connectivity index is 2.69. The van der Waals surface area contributed by atoms with Gasteiger partial charge in [0.2, 0.25) is 5.12 Å². The van der Waals surface area contributed by atoms with Crippen LogP contribution in [0.3, 0.4) is 0 Å². The number of carbonyl (C=O) groups is 1. The fourth-order valence-electron chi connectivity index (χ4n) is 1.00. The molecule has 0 aliphatic carbocycles. The summed E-state index contributed by atoms with van der Waals surface area (Å²) < 4.78 is 10.2. The first-order valence-corrected chi connectivity index (χ1v) is 4.64. The number of ether oxygens (including phenoxy) is 2. The van der Waals surface area contributed by atoms with E-state index in [0.717, 1.165) is 0 Å². The Morgan fingerprint density at radius 1 is 1.36 bits per heavy atom. The maximum atomic E-state index is 11.1. The molecule has 0 heterocycles. The Bertz CT molecular complexity index is 312. The van der Waals surface area contributed by atoms with E-state index in [-0.39, 0.29) is 5.12 Å². The molecule has 0 aliphatic rings. The number of hydrogen-bond acceptors (Lipinski definition) is 3. The molecule has 0 aromatic heterocycles. The van der Waals surface area contributed by atoms with Crippen LogP contribution in [0.15, 0.2) is 24.3 Å². The molecule has 0 unspecified atom stereocenters. The topological polar surface area (TPSA) is 35.5 Å². The van der Waals surface area contributed by atoms with Crippen molar-refractivity contribution in [3.63, 3.8) is 0 Å². The zero-order valence-electron chi connectivity index (χ0n) is 7.90. The molecule has 0 amide bonds. The van der Waals surface area contributed by atoms with Crippen LogP contribution in [0.1, 0.15) is 10.4 Å². The number of thiol groups is 1. The summed E-state index contributed by atoms with van der Waals surface area (Å²) in [5.41, 5.74) is 0.479. The monoisotopic (exact) mass is 212 g/mol. The van der Waals surface area contributed by atoms with E-state index in [9.17, 15) is 4.79 Å². The molecule has 0 aliphatic heterocycles. The lowest BCUT2D eigenvalue weighted by atomic mass is 10.2. The van der Waals surface area contributed by atoms with Gasteiger partial charge in [-0.15, -0.1) is 12.6 Å². The zero-order valence-corrected chi connectivity index (χ0v) is 8.79. The first-order chi connectivity index (χ1) is 6.75. The molecule has 0 spiro atoms. The number of hydrogen-bond donors (Lipinski definition) is 1. The first kappa shape index (κ1) is 11.1. The van der Waals surface area contributed by atoms with Crippen LogP contribution in [0.2, 0.25) is 0 Å². The maximum Gasteiger partial charge on any atom is 0.220 e. The largest absolute Gasteiger partial charge is 0.490 e. The molecule has 1 aromatic carbocycles. The van der Waals surface area contributed by atoms with E-state index in [1.165, 1.54) is 0 Å². The minimum Gasteiger partial charge on any atom is -0.490 e. The summed E-state index contributed by atoms with van der Waals surface area (Å²) in [5.74, 6) is 0.546. The van der Waals surface area contributed by atoms with E-state index in [2.05, 4.69) is 12.6 Å². The molecule has 3 nitrogen and oxygen atoms in total. The molecule has 0 N–H and O–H groups in total. The van der Waals surface area contributed by atoms with E-state index in [1.54, 1.807) is 25.3 Å². The van der Waals surface area contributed by atoms with Crippen molar-refractivity contribution in [2.75, 3.05) is 20.3 Å². The van der Waals surface area contributed by atoms with Crippen molar-refractivity contribution in [2.45, 2.75) is 0 Å². The highest BCUT2D eigenvalue weighted by Crippen LogP contribution is 2.19. The average molecular weight is 212 g/mol. The summed E-state index contributed by atoms with van der Waals surface area (Å²) in [6.45, 7) is 0.920. The molecule has 14 heavy (non-hydrogen) atoms. The smallest absolute Gasteiger partial charge is 0.220 e. The molecule has 0 saturated carbocycles. The predicted molar refractivity (Wildman–Crippen MR) is 57.1 cm³/mol. The number of rotatable bonds is 5. The second-order valence-corrected chi connectivity index (χ2v) is 3.05. The van der Waals surface area contributed by atoms with Gasteiger partial charge in [-0.25, -0.2) is 0 Å². The van der Waals surface area contributed by atoms with Crippen molar-refractivity contribution in [3.8, 4) is 5.75 Å². The molecule has 0 atom stereocenters. The maximum absolute atomic E-state index is 11.1. The lowest BCUT2D eigenvalue weighted by Crippen LogP contribution is -2.06. The highest BCUT2D eigenvalue weighted by atomic mass is 32.1. The van der Waals surface area contributed by atoms with Crippen LogP contribution in [-0.4, -0.2) is 25.4 Å². The fraction of sp³-hybridized carbons (Fsp3) is 0.300. The lowest BCUT2D eigenvalue weighted by Gasteiger charge is -2.08. The third-order valence-corrected chi connectivity index (χ3v) is 1.90. The molecule has 0 saturated heterocycles. The minimum absolute atomic E-state index is 0.294. The average Bonchev–Trinajstić information content (AvgIpc) is 2.19. The zero-order chi connectivity index (χ0) is 10.4. The highest BCUT2D eigenvalue weighted by molar-refractivity contribution is 7.97. The third-order valence-electron chi connectivity index (χ3n) is 1.66. The van der Waals surface area contributed by atoms with Gasteiger partial charge < -0.3 is 9.47 Å². The quantitative estimate of drug-likeness (QED) is 0.597. The van der Waals surface area contributed by atoms with Crippen molar-refractivity contribution in [3.05, 3.63) is 29.8 Å². The van der Waals surface area contributed by atoms with Crippen LogP contribution in [0.5, 0.6) is 5.75 Å². The summed E-state index contributed by atoms with van der Waals surface area (Å²) in [7, 11) is 1.60. The fourth-order valence-corrected chi connectivity index (χ4v) is 1.19. The number of para-hydroxylation sites is 1. The third kappa shape index (κ3) is 3.05. The molecular weight excluding hydrogens is 200 g/mol.